The van der Waals surface area contributed by atoms with E-state index in [-0.39, 0.29) is 0 Å². The summed E-state index contributed by atoms with van der Waals surface area (Å²) < 4.78 is 11.0. The van der Waals surface area contributed by atoms with E-state index in [9.17, 15) is 0 Å². The van der Waals surface area contributed by atoms with Gasteiger partial charge < -0.3 is 20.1 Å². The predicted molar refractivity (Wildman–Crippen MR) is 131 cm³/mol. The fourth-order valence-corrected chi connectivity index (χ4v) is 3.93. The minimum Gasteiger partial charge on any atom is -0.379 e. The number of benzene rings is 2. The third kappa shape index (κ3) is 8.61. The van der Waals surface area contributed by atoms with E-state index >= 15 is 0 Å². The van der Waals surface area contributed by atoms with Crippen molar-refractivity contribution < 1.29 is 9.47 Å². The summed E-state index contributed by atoms with van der Waals surface area (Å²) >= 11 is 0. The number of guanidine groups is 1. The van der Waals surface area contributed by atoms with Crippen LogP contribution in [-0.2, 0) is 29.2 Å². The highest BCUT2D eigenvalue weighted by Gasteiger charge is 2.20. The van der Waals surface area contributed by atoms with Crippen molar-refractivity contribution in [2.45, 2.75) is 45.5 Å². The molecule has 0 bridgehead atoms. The quantitative estimate of drug-likeness (QED) is 0.319. The van der Waals surface area contributed by atoms with Gasteiger partial charge in [-0.2, -0.15) is 0 Å². The van der Waals surface area contributed by atoms with Crippen LogP contribution < -0.4 is 10.6 Å². The third-order valence-corrected chi connectivity index (χ3v) is 5.70. The fraction of sp³-hybridized carbons (Fsp3) is 0.500. The van der Waals surface area contributed by atoms with Crippen molar-refractivity contribution in [3.8, 4) is 0 Å². The van der Waals surface area contributed by atoms with Gasteiger partial charge in [0.05, 0.1) is 19.8 Å². The topological polar surface area (TPSA) is 58.1 Å². The van der Waals surface area contributed by atoms with Gasteiger partial charge in [0.25, 0.3) is 0 Å². The van der Waals surface area contributed by atoms with Crippen molar-refractivity contribution in [3.05, 3.63) is 71.3 Å². The predicted octanol–water partition coefficient (Wildman–Crippen LogP) is 3.57. The molecule has 2 aromatic carbocycles. The molecule has 174 valence electrons. The Balaban J connectivity index is 1.37. The van der Waals surface area contributed by atoms with Gasteiger partial charge >= 0.3 is 0 Å². The first kappa shape index (κ1) is 24.2. The van der Waals surface area contributed by atoms with E-state index in [0.29, 0.717) is 25.9 Å². The molecule has 0 atom stereocenters. The molecule has 1 aliphatic rings. The molecule has 1 fully saturated rings. The maximum absolute atomic E-state index is 5.68. The van der Waals surface area contributed by atoms with E-state index in [0.717, 1.165) is 51.6 Å². The van der Waals surface area contributed by atoms with Crippen molar-refractivity contribution in [1.29, 1.82) is 0 Å². The van der Waals surface area contributed by atoms with E-state index in [1.165, 1.54) is 16.7 Å². The molecule has 0 aliphatic carbocycles. The Kier molecular flexibility index (Phi) is 10.5. The van der Waals surface area contributed by atoms with Crippen molar-refractivity contribution in [3.63, 3.8) is 0 Å². The van der Waals surface area contributed by atoms with Crippen LogP contribution in [0.3, 0.4) is 0 Å². The summed E-state index contributed by atoms with van der Waals surface area (Å²) in [6.07, 6.45) is 2.25. The summed E-state index contributed by atoms with van der Waals surface area (Å²) in [4.78, 5) is 6.96. The van der Waals surface area contributed by atoms with Crippen LogP contribution in [0.4, 0.5) is 0 Å². The minimum atomic E-state index is 0.457. The summed E-state index contributed by atoms with van der Waals surface area (Å²) in [5, 5.41) is 7.06. The van der Waals surface area contributed by atoms with Crippen molar-refractivity contribution in [2.24, 2.45) is 4.99 Å². The average molecular weight is 439 g/mol. The number of aliphatic imine (C=N–C) groups is 1. The lowest BCUT2D eigenvalue weighted by Crippen LogP contribution is -2.48. The van der Waals surface area contributed by atoms with Crippen LogP contribution in [-0.4, -0.2) is 56.9 Å². The van der Waals surface area contributed by atoms with Crippen LogP contribution in [0.1, 0.15) is 36.5 Å². The van der Waals surface area contributed by atoms with E-state index in [1.807, 2.05) is 14.0 Å². The number of nitrogens with one attached hydrogen (secondary N) is 2. The van der Waals surface area contributed by atoms with E-state index in [1.54, 1.807) is 0 Å². The van der Waals surface area contributed by atoms with Crippen molar-refractivity contribution in [1.82, 2.24) is 15.5 Å². The molecule has 0 radical (unpaired) electrons. The number of ether oxygens (including phenoxy) is 2. The van der Waals surface area contributed by atoms with Gasteiger partial charge in [-0.25, -0.2) is 0 Å². The summed E-state index contributed by atoms with van der Waals surface area (Å²) in [5.41, 5.74) is 3.78. The van der Waals surface area contributed by atoms with Gasteiger partial charge in [-0.3, -0.25) is 9.89 Å². The summed E-state index contributed by atoms with van der Waals surface area (Å²) in [5.74, 6) is 0.866. The van der Waals surface area contributed by atoms with E-state index < -0.39 is 0 Å². The Morgan fingerprint density at radius 2 is 1.69 bits per heavy atom. The molecule has 0 unspecified atom stereocenters. The van der Waals surface area contributed by atoms with Gasteiger partial charge in [0.15, 0.2) is 5.96 Å². The summed E-state index contributed by atoms with van der Waals surface area (Å²) in [7, 11) is 1.84. The Morgan fingerprint density at radius 1 is 0.969 bits per heavy atom. The van der Waals surface area contributed by atoms with Crippen LogP contribution in [0.15, 0.2) is 59.6 Å². The van der Waals surface area contributed by atoms with Crippen LogP contribution in [0.5, 0.6) is 0 Å². The van der Waals surface area contributed by atoms with Crippen molar-refractivity contribution in [2.75, 3.05) is 40.0 Å². The number of likely N-dealkylation sites (tertiary alicyclic amines) is 1. The molecular weight excluding hydrogens is 400 g/mol. The highest BCUT2D eigenvalue weighted by atomic mass is 16.5. The molecule has 6 nitrogen and oxygen atoms in total. The van der Waals surface area contributed by atoms with Crippen LogP contribution in [0, 0.1) is 0 Å². The second kappa shape index (κ2) is 13.9. The molecule has 6 heteroatoms. The van der Waals surface area contributed by atoms with Gasteiger partial charge in [0.2, 0.25) is 0 Å². The van der Waals surface area contributed by atoms with E-state index in [2.05, 4.69) is 75.1 Å². The maximum Gasteiger partial charge on any atom is 0.191 e. The van der Waals surface area contributed by atoms with Crippen LogP contribution in [0.25, 0.3) is 0 Å². The van der Waals surface area contributed by atoms with Crippen molar-refractivity contribution >= 4 is 5.96 Å². The highest BCUT2D eigenvalue weighted by molar-refractivity contribution is 5.79. The summed E-state index contributed by atoms with van der Waals surface area (Å²) in [6.45, 7) is 8.58. The number of hydrogen-bond donors (Lipinski definition) is 2. The largest absolute Gasteiger partial charge is 0.379 e. The molecule has 2 N–H and O–H groups in total. The lowest BCUT2D eigenvalue weighted by atomic mass is 10.0. The molecule has 0 amide bonds. The fourth-order valence-electron chi connectivity index (χ4n) is 3.93. The summed E-state index contributed by atoms with van der Waals surface area (Å²) in [6, 6.07) is 19.7. The second-order valence-corrected chi connectivity index (χ2v) is 8.18. The molecule has 0 spiro atoms. The standard InChI is InChI=1S/C26H38N4O2/c1-3-31-16-17-32-21-24-11-7-10-23(18-24)19-28-26(27-2)29-25-12-14-30(15-13-25)20-22-8-5-4-6-9-22/h4-11,18,25H,3,12-17,19-21H2,1-2H3,(H2,27,28,29). The number of hydrogen-bond acceptors (Lipinski definition) is 4. The zero-order valence-electron chi connectivity index (χ0n) is 19.6. The first-order valence-electron chi connectivity index (χ1n) is 11.7. The number of nitrogens with zero attached hydrogens (tertiary/aromatic N) is 2. The number of piperidine rings is 1. The van der Waals surface area contributed by atoms with E-state index in [4.69, 9.17) is 9.47 Å². The Morgan fingerprint density at radius 3 is 2.44 bits per heavy atom. The molecular formula is C26H38N4O2. The molecule has 0 saturated carbocycles. The van der Waals surface area contributed by atoms with Crippen LogP contribution >= 0.6 is 0 Å². The molecule has 0 aromatic heterocycles. The monoisotopic (exact) mass is 438 g/mol. The maximum atomic E-state index is 5.68. The molecule has 1 aliphatic heterocycles. The number of rotatable bonds is 11. The van der Waals surface area contributed by atoms with Gasteiger partial charge in [-0.15, -0.1) is 0 Å². The SMILES string of the molecule is CCOCCOCc1cccc(CNC(=NC)NC2CCN(Cc3ccccc3)CC2)c1. The normalized spacial score (nSPS) is 15.6. The molecule has 3 rings (SSSR count). The lowest BCUT2D eigenvalue weighted by molar-refractivity contribution is 0.0453. The first-order valence-corrected chi connectivity index (χ1v) is 11.7. The average Bonchev–Trinajstić information content (AvgIpc) is 2.83. The Hall–Kier alpha value is -2.41. The zero-order valence-corrected chi connectivity index (χ0v) is 19.6. The van der Waals surface area contributed by atoms with Gasteiger partial charge in [-0.1, -0.05) is 54.6 Å². The minimum absolute atomic E-state index is 0.457. The van der Waals surface area contributed by atoms with Gasteiger partial charge in [0.1, 0.15) is 0 Å². The van der Waals surface area contributed by atoms with Crippen LogP contribution in [0.2, 0.25) is 0 Å². The Labute approximate surface area is 193 Å². The Bertz CT molecular complexity index is 804. The molecule has 1 heterocycles. The molecule has 1 saturated heterocycles. The molecule has 2 aromatic rings. The first-order chi connectivity index (χ1) is 15.8. The third-order valence-electron chi connectivity index (χ3n) is 5.70. The highest BCUT2D eigenvalue weighted by Crippen LogP contribution is 2.14. The zero-order chi connectivity index (χ0) is 22.4. The smallest absolute Gasteiger partial charge is 0.191 e. The molecule has 32 heavy (non-hydrogen) atoms. The van der Waals surface area contributed by atoms with Gasteiger partial charge in [0, 0.05) is 45.9 Å². The second-order valence-electron chi connectivity index (χ2n) is 8.18. The lowest BCUT2D eigenvalue weighted by Gasteiger charge is -2.33. The van der Waals surface area contributed by atoms with Gasteiger partial charge in [-0.05, 0) is 36.5 Å².